The molecule has 0 aliphatic carbocycles. The highest BCUT2D eigenvalue weighted by Crippen LogP contribution is 2.21. The van der Waals surface area contributed by atoms with Crippen LogP contribution in [0.15, 0.2) is 18.3 Å². The fourth-order valence-corrected chi connectivity index (χ4v) is 1.36. The number of hydrogen-bond donors (Lipinski definition) is 1. The maximum atomic E-state index is 12.0. The largest absolute Gasteiger partial charge is 0.390 e. The SMILES string of the molecule is Nc1ccc2cnn(CCC(F)(F)F)c2n1. The van der Waals surface area contributed by atoms with Gasteiger partial charge in [0.1, 0.15) is 5.82 Å². The van der Waals surface area contributed by atoms with E-state index in [2.05, 4.69) is 10.1 Å². The van der Waals surface area contributed by atoms with Crippen molar-refractivity contribution in [2.75, 3.05) is 5.73 Å². The van der Waals surface area contributed by atoms with Crippen molar-refractivity contribution < 1.29 is 13.2 Å². The van der Waals surface area contributed by atoms with Gasteiger partial charge in [0, 0.05) is 5.39 Å². The predicted octanol–water partition coefficient (Wildman–Crippen LogP) is 1.97. The van der Waals surface area contributed by atoms with Crippen molar-refractivity contribution >= 4 is 16.9 Å². The number of rotatable bonds is 2. The highest BCUT2D eigenvalue weighted by Gasteiger charge is 2.27. The first kappa shape index (κ1) is 10.7. The van der Waals surface area contributed by atoms with Crippen LogP contribution in [-0.4, -0.2) is 20.9 Å². The average Bonchev–Trinajstić information content (AvgIpc) is 2.56. The molecule has 0 aliphatic heterocycles. The first-order valence-electron chi connectivity index (χ1n) is 4.60. The maximum absolute atomic E-state index is 12.0. The molecule has 86 valence electrons. The lowest BCUT2D eigenvalue weighted by atomic mass is 10.3. The summed E-state index contributed by atoms with van der Waals surface area (Å²) in [5.41, 5.74) is 5.84. The van der Waals surface area contributed by atoms with E-state index in [0.717, 1.165) is 0 Å². The Kier molecular flexibility index (Phi) is 2.45. The molecule has 0 unspecified atom stereocenters. The Morgan fingerprint density at radius 2 is 2.06 bits per heavy atom. The third kappa shape index (κ3) is 2.23. The van der Waals surface area contributed by atoms with Crippen LogP contribution in [0.25, 0.3) is 11.0 Å². The van der Waals surface area contributed by atoms with E-state index in [1.807, 2.05) is 0 Å². The number of pyridine rings is 1. The molecule has 0 spiro atoms. The van der Waals surface area contributed by atoms with E-state index in [0.29, 0.717) is 11.0 Å². The number of anilines is 1. The van der Waals surface area contributed by atoms with Crippen molar-refractivity contribution in [1.82, 2.24) is 14.8 Å². The number of hydrogen-bond acceptors (Lipinski definition) is 3. The summed E-state index contributed by atoms with van der Waals surface area (Å²) in [6.45, 7) is -0.247. The van der Waals surface area contributed by atoms with Crippen LogP contribution in [-0.2, 0) is 6.54 Å². The summed E-state index contributed by atoms with van der Waals surface area (Å²) in [5.74, 6) is 0.265. The monoisotopic (exact) mass is 230 g/mol. The molecule has 2 aromatic rings. The number of aryl methyl sites for hydroxylation is 1. The molecule has 2 rings (SSSR count). The predicted molar refractivity (Wildman–Crippen MR) is 52.6 cm³/mol. The number of nitrogen functional groups attached to an aromatic ring is 1. The van der Waals surface area contributed by atoms with Crippen LogP contribution in [0, 0.1) is 0 Å². The summed E-state index contributed by atoms with van der Waals surface area (Å²) in [5, 5.41) is 4.52. The minimum Gasteiger partial charge on any atom is -0.384 e. The van der Waals surface area contributed by atoms with E-state index < -0.39 is 12.6 Å². The van der Waals surface area contributed by atoms with Crippen molar-refractivity contribution in [3.63, 3.8) is 0 Å². The molecule has 0 radical (unpaired) electrons. The summed E-state index contributed by atoms with van der Waals surface area (Å²) >= 11 is 0. The second-order valence-corrected chi connectivity index (χ2v) is 3.38. The van der Waals surface area contributed by atoms with Gasteiger partial charge in [0.05, 0.1) is 19.2 Å². The van der Waals surface area contributed by atoms with Gasteiger partial charge in [0.2, 0.25) is 0 Å². The van der Waals surface area contributed by atoms with Crippen molar-refractivity contribution in [2.24, 2.45) is 0 Å². The fourth-order valence-electron chi connectivity index (χ4n) is 1.36. The molecule has 0 fully saturated rings. The van der Waals surface area contributed by atoms with Gasteiger partial charge in [-0.3, -0.25) is 0 Å². The number of nitrogens with two attached hydrogens (primary N) is 1. The molecule has 0 saturated heterocycles. The third-order valence-electron chi connectivity index (χ3n) is 2.11. The molecule has 7 heteroatoms. The van der Waals surface area contributed by atoms with E-state index in [4.69, 9.17) is 5.73 Å². The summed E-state index contributed by atoms with van der Waals surface area (Å²) < 4.78 is 37.3. The summed E-state index contributed by atoms with van der Waals surface area (Å²) in [6.07, 6.45) is -3.66. The Balaban J connectivity index is 2.28. The molecular weight excluding hydrogens is 221 g/mol. The van der Waals surface area contributed by atoms with Gasteiger partial charge in [0.15, 0.2) is 5.65 Å². The van der Waals surface area contributed by atoms with E-state index >= 15 is 0 Å². The standard InChI is InChI=1S/C9H9F3N4/c10-9(11,12)3-4-16-8-6(5-14-16)1-2-7(13)15-8/h1-2,5H,3-4H2,(H2,13,15). The summed E-state index contributed by atoms with van der Waals surface area (Å²) in [7, 11) is 0. The minimum absolute atomic E-state index is 0.247. The topological polar surface area (TPSA) is 56.7 Å². The Bertz CT molecular complexity index is 503. The molecule has 0 saturated carbocycles. The Labute approximate surface area is 88.9 Å². The third-order valence-corrected chi connectivity index (χ3v) is 2.11. The van der Waals surface area contributed by atoms with Gasteiger partial charge in [-0.2, -0.15) is 18.3 Å². The van der Waals surface area contributed by atoms with Crippen LogP contribution >= 0.6 is 0 Å². The molecule has 0 atom stereocenters. The molecular formula is C9H9F3N4. The first-order valence-corrected chi connectivity index (χ1v) is 4.60. The van der Waals surface area contributed by atoms with Crippen molar-refractivity contribution in [1.29, 1.82) is 0 Å². The molecule has 0 aliphatic rings. The normalized spacial score (nSPS) is 12.2. The van der Waals surface area contributed by atoms with E-state index in [9.17, 15) is 13.2 Å². The zero-order valence-corrected chi connectivity index (χ0v) is 8.20. The average molecular weight is 230 g/mol. The van der Waals surface area contributed by atoms with Gasteiger partial charge in [-0.1, -0.05) is 0 Å². The van der Waals surface area contributed by atoms with Crippen LogP contribution in [0.3, 0.4) is 0 Å². The van der Waals surface area contributed by atoms with E-state index in [1.165, 1.54) is 10.9 Å². The number of nitrogens with zero attached hydrogens (tertiary/aromatic N) is 3. The molecule has 0 amide bonds. The second-order valence-electron chi connectivity index (χ2n) is 3.38. The van der Waals surface area contributed by atoms with E-state index in [-0.39, 0.29) is 12.4 Å². The Morgan fingerprint density at radius 1 is 1.31 bits per heavy atom. The quantitative estimate of drug-likeness (QED) is 0.858. The number of fused-ring (bicyclic) bond motifs is 1. The van der Waals surface area contributed by atoms with Crippen molar-refractivity contribution in [3.05, 3.63) is 18.3 Å². The number of alkyl halides is 3. The van der Waals surface area contributed by atoms with Crippen LogP contribution in [0.1, 0.15) is 6.42 Å². The van der Waals surface area contributed by atoms with Crippen LogP contribution in [0.4, 0.5) is 19.0 Å². The zero-order chi connectivity index (χ0) is 11.8. The summed E-state index contributed by atoms with van der Waals surface area (Å²) in [4.78, 5) is 3.95. The van der Waals surface area contributed by atoms with Gasteiger partial charge in [0.25, 0.3) is 0 Å². The molecule has 2 aromatic heterocycles. The lowest BCUT2D eigenvalue weighted by Gasteiger charge is -2.06. The minimum atomic E-state index is -4.20. The van der Waals surface area contributed by atoms with Gasteiger partial charge >= 0.3 is 6.18 Å². The maximum Gasteiger partial charge on any atom is 0.390 e. The fraction of sp³-hybridized carbons (Fsp3) is 0.333. The van der Waals surface area contributed by atoms with E-state index in [1.54, 1.807) is 12.1 Å². The Hall–Kier alpha value is -1.79. The van der Waals surface area contributed by atoms with Gasteiger partial charge < -0.3 is 5.73 Å². The van der Waals surface area contributed by atoms with Crippen molar-refractivity contribution in [2.45, 2.75) is 19.1 Å². The second kappa shape index (κ2) is 3.66. The van der Waals surface area contributed by atoms with Crippen LogP contribution < -0.4 is 5.73 Å². The van der Waals surface area contributed by atoms with Gasteiger partial charge in [-0.05, 0) is 12.1 Å². The molecule has 2 N–H and O–H groups in total. The van der Waals surface area contributed by atoms with Crippen LogP contribution in [0.2, 0.25) is 0 Å². The smallest absolute Gasteiger partial charge is 0.384 e. The first-order chi connectivity index (χ1) is 7.46. The lowest BCUT2D eigenvalue weighted by molar-refractivity contribution is -0.137. The van der Waals surface area contributed by atoms with Crippen molar-refractivity contribution in [3.8, 4) is 0 Å². The summed E-state index contributed by atoms with van der Waals surface area (Å²) in [6, 6.07) is 3.26. The zero-order valence-electron chi connectivity index (χ0n) is 8.20. The molecule has 0 aromatic carbocycles. The van der Waals surface area contributed by atoms with Gasteiger partial charge in [-0.15, -0.1) is 0 Å². The van der Waals surface area contributed by atoms with Crippen LogP contribution in [0.5, 0.6) is 0 Å². The van der Waals surface area contributed by atoms with Gasteiger partial charge in [-0.25, -0.2) is 9.67 Å². The molecule has 0 bridgehead atoms. The lowest BCUT2D eigenvalue weighted by Crippen LogP contribution is -2.13. The molecule has 2 heterocycles. The molecule has 4 nitrogen and oxygen atoms in total. The Morgan fingerprint density at radius 3 is 2.75 bits per heavy atom. The highest BCUT2D eigenvalue weighted by atomic mass is 19.4. The highest BCUT2D eigenvalue weighted by molar-refractivity contribution is 5.76. The number of aromatic nitrogens is 3. The number of halogens is 3. The molecule has 16 heavy (non-hydrogen) atoms.